The van der Waals surface area contributed by atoms with E-state index in [0.717, 1.165) is 96.3 Å². The minimum absolute atomic E-state index is 0.0903. The molecule has 0 aliphatic carbocycles. The van der Waals surface area contributed by atoms with Crippen molar-refractivity contribution in [2.45, 2.75) is 149 Å². The molecule has 0 atom stereocenters. The fraction of sp³-hybridized carbons (Fsp3) is 0.600. The third-order valence-corrected chi connectivity index (χ3v) is 9.14. The van der Waals surface area contributed by atoms with E-state index in [1.807, 2.05) is 0 Å². The van der Waals surface area contributed by atoms with Crippen LogP contribution in [-0.4, -0.2) is 33.8 Å². The highest BCUT2D eigenvalue weighted by molar-refractivity contribution is 6.04. The molecule has 10 heteroatoms. The van der Waals surface area contributed by atoms with Crippen LogP contribution in [0.3, 0.4) is 0 Å². The zero-order valence-electron chi connectivity index (χ0n) is 30.7. The second-order valence-electron chi connectivity index (χ2n) is 13.3. The Bertz CT molecular complexity index is 1240. The first-order valence-electron chi connectivity index (χ1n) is 19.1. The molecular weight excluding hydrogens is 632 g/mol. The molecule has 10 nitrogen and oxygen atoms in total. The van der Waals surface area contributed by atoms with Crippen LogP contribution < -0.4 is 21.7 Å². The normalized spacial score (nSPS) is 11.0. The van der Waals surface area contributed by atoms with Crippen LogP contribution in [0.1, 0.15) is 168 Å². The van der Waals surface area contributed by atoms with Crippen LogP contribution in [0.5, 0.6) is 11.5 Å². The number of hydrogen-bond acceptors (Lipinski definition) is 6. The number of phenolic OH excluding ortho intramolecular Hbond substituents is 2. The SMILES string of the molecule is CCCCCCCCCC(C(=O)NNC(=O)c1c(O)cccc1CCCCCCC)C(=O)NNC(=O)c1c(O)cccc1CCCCCCC. The Morgan fingerprint density at radius 2 is 0.860 bits per heavy atom. The highest BCUT2D eigenvalue weighted by Crippen LogP contribution is 2.24. The molecule has 0 bridgehead atoms. The van der Waals surface area contributed by atoms with Gasteiger partial charge in [0.25, 0.3) is 23.6 Å². The van der Waals surface area contributed by atoms with E-state index in [4.69, 9.17) is 0 Å². The first kappa shape index (κ1) is 42.1. The molecule has 0 heterocycles. The number of unbranched alkanes of at least 4 members (excludes halogenated alkanes) is 14. The molecule has 4 amide bonds. The average Bonchev–Trinajstić information content (AvgIpc) is 3.10. The number of rotatable bonds is 24. The number of nitrogens with one attached hydrogen (secondary N) is 4. The first-order valence-corrected chi connectivity index (χ1v) is 19.1. The van der Waals surface area contributed by atoms with Gasteiger partial charge in [-0.05, 0) is 55.4 Å². The Morgan fingerprint density at radius 1 is 0.500 bits per heavy atom. The molecular formula is C40H62N4O6. The van der Waals surface area contributed by atoms with E-state index in [9.17, 15) is 29.4 Å². The van der Waals surface area contributed by atoms with E-state index in [0.29, 0.717) is 30.4 Å². The lowest BCUT2D eigenvalue weighted by atomic mass is 9.98. The first-order chi connectivity index (χ1) is 24.2. The van der Waals surface area contributed by atoms with Crippen LogP contribution in [0.15, 0.2) is 36.4 Å². The molecule has 0 aromatic heterocycles. The molecule has 0 fully saturated rings. The third-order valence-electron chi connectivity index (χ3n) is 9.14. The van der Waals surface area contributed by atoms with Gasteiger partial charge in [0, 0.05) is 0 Å². The molecule has 2 aromatic rings. The number of hydrogen-bond donors (Lipinski definition) is 6. The van der Waals surface area contributed by atoms with Gasteiger partial charge >= 0.3 is 0 Å². The van der Waals surface area contributed by atoms with E-state index in [-0.39, 0.29) is 29.0 Å². The second-order valence-corrected chi connectivity index (χ2v) is 13.3. The van der Waals surface area contributed by atoms with Crippen LogP contribution in [0, 0.1) is 5.92 Å². The molecule has 0 spiro atoms. The predicted molar refractivity (Wildman–Crippen MR) is 198 cm³/mol. The lowest BCUT2D eigenvalue weighted by Gasteiger charge is -2.19. The summed E-state index contributed by atoms with van der Waals surface area (Å²) in [5.74, 6) is -4.41. The van der Waals surface area contributed by atoms with Crippen molar-refractivity contribution in [3.63, 3.8) is 0 Å². The molecule has 0 aliphatic heterocycles. The van der Waals surface area contributed by atoms with Gasteiger partial charge in [-0.1, -0.05) is 141 Å². The van der Waals surface area contributed by atoms with Crippen molar-refractivity contribution in [2.75, 3.05) is 0 Å². The number of aryl methyl sites for hydroxylation is 2. The zero-order chi connectivity index (χ0) is 36.6. The van der Waals surface area contributed by atoms with E-state index >= 15 is 0 Å². The summed E-state index contributed by atoms with van der Waals surface area (Å²) in [6.07, 6.45) is 18.8. The molecule has 2 aromatic carbocycles. The van der Waals surface area contributed by atoms with E-state index in [2.05, 4.69) is 42.5 Å². The van der Waals surface area contributed by atoms with Crippen LogP contribution in [0.4, 0.5) is 0 Å². The minimum atomic E-state index is -1.21. The van der Waals surface area contributed by atoms with Gasteiger partial charge in [0.15, 0.2) is 0 Å². The Labute approximate surface area is 299 Å². The van der Waals surface area contributed by atoms with Crippen LogP contribution >= 0.6 is 0 Å². The van der Waals surface area contributed by atoms with Gasteiger partial charge in [-0.25, -0.2) is 0 Å². The number of phenols is 2. The monoisotopic (exact) mass is 694 g/mol. The summed E-state index contributed by atoms with van der Waals surface area (Å²) in [6.45, 7) is 6.45. The number of hydrazine groups is 2. The Hall–Kier alpha value is -4.08. The Kier molecular flexibility index (Phi) is 21.0. The van der Waals surface area contributed by atoms with Crippen LogP contribution in [-0.2, 0) is 22.4 Å². The summed E-state index contributed by atoms with van der Waals surface area (Å²) < 4.78 is 0. The van der Waals surface area contributed by atoms with Crippen molar-refractivity contribution in [3.05, 3.63) is 58.7 Å². The number of carbonyl (C=O) groups is 4. The van der Waals surface area contributed by atoms with Gasteiger partial charge in [0.05, 0.1) is 11.1 Å². The maximum absolute atomic E-state index is 13.4. The molecule has 0 aliphatic rings. The molecule has 2 rings (SSSR count). The Morgan fingerprint density at radius 3 is 1.26 bits per heavy atom. The van der Waals surface area contributed by atoms with Crippen molar-refractivity contribution in [1.82, 2.24) is 21.7 Å². The van der Waals surface area contributed by atoms with Crippen LogP contribution in [0.25, 0.3) is 0 Å². The largest absolute Gasteiger partial charge is 0.507 e. The molecule has 0 saturated carbocycles. The average molecular weight is 695 g/mol. The zero-order valence-corrected chi connectivity index (χ0v) is 30.7. The maximum atomic E-state index is 13.4. The number of aromatic hydroxyl groups is 2. The van der Waals surface area contributed by atoms with Crippen LogP contribution in [0.2, 0.25) is 0 Å². The van der Waals surface area contributed by atoms with Gasteiger partial charge in [-0.2, -0.15) is 0 Å². The van der Waals surface area contributed by atoms with Gasteiger partial charge in [0.1, 0.15) is 17.4 Å². The topological polar surface area (TPSA) is 157 Å². The minimum Gasteiger partial charge on any atom is -0.507 e. The molecule has 0 saturated heterocycles. The predicted octanol–water partition coefficient (Wildman–Crippen LogP) is 8.10. The molecule has 50 heavy (non-hydrogen) atoms. The highest BCUT2D eigenvalue weighted by Gasteiger charge is 2.28. The Balaban J connectivity index is 2.09. The van der Waals surface area contributed by atoms with Crippen molar-refractivity contribution in [3.8, 4) is 11.5 Å². The molecule has 0 unspecified atom stereocenters. The maximum Gasteiger partial charge on any atom is 0.273 e. The van der Waals surface area contributed by atoms with Crippen molar-refractivity contribution in [2.24, 2.45) is 5.92 Å². The molecule has 0 radical (unpaired) electrons. The van der Waals surface area contributed by atoms with E-state index in [1.165, 1.54) is 18.6 Å². The quantitative estimate of drug-likeness (QED) is 0.0370. The lowest BCUT2D eigenvalue weighted by Crippen LogP contribution is -2.52. The van der Waals surface area contributed by atoms with Gasteiger partial charge in [-0.15, -0.1) is 0 Å². The fourth-order valence-corrected chi connectivity index (χ4v) is 6.17. The van der Waals surface area contributed by atoms with E-state index < -0.39 is 29.5 Å². The highest BCUT2D eigenvalue weighted by atomic mass is 16.3. The summed E-state index contributed by atoms with van der Waals surface area (Å²) >= 11 is 0. The summed E-state index contributed by atoms with van der Waals surface area (Å²) in [5.41, 5.74) is 11.1. The molecule has 278 valence electrons. The standard InChI is InChI=1S/C40H62N4O6/c1-4-7-10-13-14-17-20-27-32(37(47)41-43-39(49)35-30(25-21-28-33(35)45)23-18-15-11-8-5-2)38(48)42-44-40(50)36-31(26-22-29-34(36)46)24-19-16-12-9-6-3/h21-22,25-26,28-29,32,45-46H,4-20,23-24,27H2,1-3H3,(H,41,47)(H,42,48)(H,43,49)(H,44,50). The van der Waals surface area contributed by atoms with E-state index in [1.54, 1.807) is 24.3 Å². The van der Waals surface area contributed by atoms with Gasteiger partial charge < -0.3 is 10.2 Å². The summed E-state index contributed by atoms with van der Waals surface area (Å²) in [6, 6.07) is 9.82. The van der Waals surface area contributed by atoms with Crippen molar-refractivity contribution >= 4 is 23.6 Å². The smallest absolute Gasteiger partial charge is 0.273 e. The number of amides is 4. The van der Waals surface area contributed by atoms with Gasteiger partial charge in [0.2, 0.25) is 0 Å². The summed E-state index contributed by atoms with van der Waals surface area (Å²) in [4.78, 5) is 53.2. The fourth-order valence-electron chi connectivity index (χ4n) is 6.17. The third kappa shape index (κ3) is 15.2. The lowest BCUT2D eigenvalue weighted by molar-refractivity contribution is -0.136. The van der Waals surface area contributed by atoms with Gasteiger partial charge in [-0.3, -0.25) is 40.9 Å². The van der Waals surface area contributed by atoms with Crippen molar-refractivity contribution < 1.29 is 29.4 Å². The summed E-state index contributed by atoms with van der Waals surface area (Å²) in [7, 11) is 0. The molecule has 6 N–H and O–H groups in total. The second kappa shape index (κ2) is 25.0. The summed E-state index contributed by atoms with van der Waals surface area (Å²) in [5, 5.41) is 21.1. The number of carbonyl (C=O) groups excluding carboxylic acids is 4. The number of benzene rings is 2. The van der Waals surface area contributed by atoms with Crippen molar-refractivity contribution in [1.29, 1.82) is 0 Å².